The third-order valence-electron chi connectivity index (χ3n) is 5.33. The lowest BCUT2D eigenvalue weighted by Crippen LogP contribution is -2.25. The highest BCUT2D eigenvalue weighted by molar-refractivity contribution is 5.97. The molecule has 1 aliphatic heterocycles. The third kappa shape index (κ3) is 3.25. The lowest BCUT2D eigenvalue weighted by atomic mass is 10.1. The zero-order chi connectivity index (χ0) is 19.1. The molecule has 1 atom stereocenters. The lowest BCUT2D eigenvalue weighted by Gasteiger charge is -2.19. The molecule has 0 N–H and O–H groups in total. The molecule has 4 rings (SSSR count). The van der Waals surface area contributed by atoms with E-state index in [9.17, 15) is 4.79 Å². The van der Waals surface area contributed by atoms with Gasteiger partial charge >= 0.3 is 0 Å². The summed E-state index contributed by atoms with van der Waals surface area (Å²) in [6, 6.07) is 12.2. The highest BCUT2D eigenvalue weighted by Crippen LogP contribution is 2.33. The minimum atomic E-state index is -0.0535. The monoisotopic (exact) mass is 361 g/mol. The molecule has 1 saturated heterocycles. The maximum atomic E-state index is 12.6. The summed E-state index contributed by atoms with van der Waals surface area (Å²) in [6.45, 7) is 8.81. The summed E-state index contributed by atoms with van der Waals surface area (Å²) >= 11 is 0. The van der Waals surface area contributed by atoms with Gasteiger partial charge in [-0.1, -0.05) is 28.9 Å². The van der Waals surface area contributed by atoms with Crippen molar-refractivity contribution < 1.29 is 9.32 Å². The van der Waals surface area contributed by atoms with E-state index in [0.29, 0.717) is 24.7 Å². The molecule has 1 aliphatic rings. The summed E-state index contributed by atoms with van der Waals surface area (Å²) in [5, 5.41) is 4.16. The molecule has 3 aromatic rings. The fourth-order valence-electron chi connectivity index (χ4n) is 3.61. The molecule has 1 amide bonds. The van der Waals surface area contributed by atoms with Crippen molar-refractivity contribution in [3.63, 3.8) is 0 Å². The van der Waals surface area contributed by atoms with Crippen LogP contribution < -0.4 is 4.90 Å². The van der Waals surface area contributed by atoms with Gasteiger partial charge in [-0.15, -0.1) is 0 Å². The van der Waals surface area contributed by atoms with Gasteiger partial charge in [0, 0.05) is 30.1 Å². The normalized spacial score (nSPS) is 17.0. The molecule has 27 heavy (non-hydrogen) atoms. The largest absolute Gasteiger partial charge is 0.334 e. The van der Waals surface area contributed by atoms with Crippen LogP contribution in [0.15, 0.2) is 40.9 Å². The van der Waals surface area contributed by atoms with Gasteiger partial charge in [0.25, 0.3) is 5.89 Å². The fraction of sp³-hybridized carbons (Fsp3) is 0.318. The maximum absolute atomic E-state index is 12.6. The second-order valence-corrected chi connectivity index (χ2v) is 7.45. The molecular formula is C22H23N3O2. The number of carbonyl (C=O) groups excluding carboxylic acids is 1. The molecular weight excluding hydrogens is 338 g/mol. The van der Waals surface area contributed by atoms with Gasteiger partial charge in [0.15, 0.2) is 5.82 Å². The smallest absolute Gasteiger partial charge is 0.257 e. The lowest BCUT2D eigenvalue weighted by molar-refractivity contribution is -0.117. The quantitative estimate of drug-likeness (QED) is 0.690. The van der Waals surface area contributed by atoms with E-state index >= 15 is 0 Å². The fourth-order valence-corrected chi connectivity index (χ4v) is 3.61. The van der Waals surface area contributed by atoms with Crippen LogP contribution >= 0.6 is 0 Å². The topological polar surface area (TPSA) is 59.2 Å². The van der Waals surface area contributed by atoms with Crippen molar-refractivity contribution in [1.82, 2.24) is 10.1 Å². The summed E-state index contributed by atoms with van der Waals surface area (Å²) in [7, 11) is 0. The molecule has 138 valence electrons. The van der Waals surface area contributed by atoms with Gasteiger partial charge in [-0.25, -0.2) is 0 Å². The predicted octanol–water partition coefficient (Wildman–Crippen LogP) is 4.49. The zero-order valence-electron chi connectivity index (χ0n) is 16.1. The summed E-state index contributed by atoms with van der Waals surface area (Å²) in [4.78, 5) is 19.0. The molecule has 1 fully saturated rings. The molecule has 2 aromatic carbocycles. The Hall–Kier alpha value is -2.95. The van der Waals surface area contributed by atoms with E-state index in [-0.39, 0.29) is 11.8 Å². The molecule has 1 unspecified atom stereocenters. The number of hydrogen-bond acceptors (Lipinski definition) is 4. The number of anilines is 1. The van der Waals surface area contributed by atoms with Gasteiger partial charge in [0.2, 0.25) is 5.91 Å². The number of rotatable bonds is 3. The van der Waals surface area contributed by atoms with E-state index in [1.54, 1.807) is 0 Å². The first-order valence-electron chi connectivity index (χ1n) is 9.21. The van der Waals surface area contributed by atoms with Crippen molar-refractivity contribution in [2.24, 2.45) is 0 Å². The van der Waals surface area contributed by atoms with E-state index in [1.165, 1.54) is 16.7 Å². The van der Waals surface area contributed by atoms with Crippen LogP contribution in [0.2, 0.25) is 0 Å². The number of aromatic nitrogens is 2. The number of benzene rings is 2. The third-order valence-corrected chi connectivity index (χ3v) is 5.33. The molecule has 0 bridgehead atoms. The first kappa shape index (κ1) is 17.5. The number of hydrogen-bond donors (Lipinski definition) is 0. The molecule has 2 heterocycles. The van der Waals surface area contributed by atoms with Gasteiger partial charge in [-0.2, -0.15) is 4.98 Å². The molecule has 0 radical (unpaired) electrons. The number of aryl methyl sites for hydroxylation is 4. The highest BCUT2D eigenvalue weighted by Gasteiger charge is 2.35. The Morgan fingerprint density at radius 3 is 2.56 bits per heavy atom. The van der Waals surface area contributed by atoms with Crippen LogP contribution in [0.1, 0.15) is 40.4 Å². The van der Waals surface area contributed by atoms with E-state index in [4.69, 9.17) is 4.52 Å². The number of amides is 1. The van der Waals surface area contributed by atoms with Crippen molar-refractivity contribution in [3.05, 3.63) is 64.5 Å². The number of nitrogens with zero attached hydrogens (tertiary/aromatic N) is 3. The van der Waals surface area contributed by atoms with Crippen molar-refractivity contribution >= 4 is 11.6 Å². The molecule has 0 aliphatic carbocycles. The van der Waals surface area contributed by atoms with Crippen LogP contribution in [0.25, 0.3) is 11.5 Å². The van der Waals surface area contributed by atoms with Gasteiger partial charge in [0.05, 0.1) is 0 Å². The van der Waals surface area contributed by atoms with Crippen LogP contribution in [-0.2, 0) is 4.79 Å². The summed E-state index contributed by atoms with van der Waals surface area (Å²) in [5.41, 5.74) is 6.58. The average molecular weight is 361 g/mol. The van der Waals surface area contributed by atoms with Gasteiger partial charge in [-0.05, 0) is 62.6 Å². The van der Waals surface area contributed by atoms with Crippen molar-refractivity contribution in [3.8, 4) is 11.5 Å². The highest BCUT2D eigenvalue weighted by atomic mass is 16.5. The SMILES string of the molecule is Cc1ccc(N2CC(c3noc(-c4ccc(C)c(C)c4)n3)CC2=O)c(C)c1. The van der Waals surface area contributed by atoms with Crippen molar-refractivity contribution in [1.29, 1.82) is 0 Å². The molecule has 5 nitrogen and oxygen atoms in total. The van der Waals surface area contributed by atoms with Crippen LogP contribution in [0.3, 0.4) is 0 Å². The second-order valence-electron chi connectivity index (χ2n) is 7.45. The Morgan fingerprint density at radius 2 is 1.81 bits per heavy atom. The first-order chi connectivity index (χ1) is 12.9. The Labute approximate surface area is 159 Å². The van der Waals surface area contributed by atoms with Crippen molar-refractivity contribution in [2.45, 2.75) is 40.0 Å². The van der Waals surface area contributed by atoms with E-state index in [0.717, 1.165) is 16.8 Å². The van der Waals surface area contributed by atoms with Crippen LogP contribution in [0.5, 0.6) is 0 Å². The standard InChI is InChI=1S/C22H23N3O2/c1-13-5-8-19(16(4)9-13)25-12-18(11-20(25)26)21-23-22(27-24-21)17-7-6-14(2)15(3)10-17/h5-10,18H,11-12H2,1-4H3. The minimum Gasteiger partial charge on any atom is -0.334 e. The first-order valence-corrected chi connectivity index (χ1v) is 9.21. The van der Waals surface area contributed by atoms with Crippen LogP contribution in [0.4, 0.5) is 5.69 Å². The Bertz CT molecular complexity index is 1020. The molecule has 0 spiro atoms. The predicted molar refractivity (Wildman–Crippen MR) is 105 cm³/mol. The average Bonchev–Trinajstić information content (AvgIpc) is 3.25. The van der Waals surface area contributed by atoms with E-state index < -0.39 is 0 Å². The summed E-state index contributed by atoms with van der Waals surface area (Å²) < 4.78 is 5.48. The van der Waals surface area contributed by atoms with Gasteiger partial charge < -0.3 is 9.42 Å². The molecule has 5 heteroatoms. The van der Waals surface area contributed by atoms with Gasteiger partial charge in [-0.3, -0.25) is 4.79 Å². The molecule has 1 aromatic heterocycles. The Balaban J connectivity index is 1.57. The van der Waals surface area contributed by atoms with E-state index in [1.807, 2.05) is 36.1 Å². The van der Waals surface area contributed by atoms with E-state index in [2.05, 4.69) is 43.0 Å². The second kappa shape index (κ2) is 6.65. The maximum Gasteiger partial charge on any atom is 0.257 e. The Morgan fingerprint density at radius 1 is 1.00 bits per heavy atom. The van der Waals surface area contributed by atoms with Crippen molar-refractivity contribution in [2.75, 3.05) is 11.4 Å². The van der Waals surface area contributed by atoms with Crippen LogP contribution in [-0.4, -0.2) is 22.6 Å². The number of carbonyl (C=O) groups is 1. The van der Waals surface area contributed by atoms with Crippen LogP contribution in [0, 0.1) is 27.7 Å². The molecule has 0 saturated carbocycles. The summed E-state index contributed by atoms with van der Waals surface area (Å²) in [6.07, 6.45) is 0.402. The zero-order valence-corrected chi connectivity index (χ0v) is 16.1. The Kier molecular flexibility index (Phi) is 4.30. The van der Waals surface area contributed by atoms with Gasteiger partial charge in [0.1, 0.15) is 0 Å². The summed E-state index contributed by atoms with van der Waals surface area (Å²) in [5.74, 6) is 1.15. The minimum absolute atomic E-state index is 0.0535.